The molecule has 2 N–H and O–H groups in total. The van der Waals surface area contributed by atoms with Crippen molar-refractivity contribution in [3.63, 3.8) is 0 Å². The van der Waals surface area contributed by atoms with Crippen molar-refractivity contribution >= 4 is 17.5 Å². The van der Waals surface area contributed by atoms with Crippen LogP contribution in [0, 0.1) is 18.3 Å². The Morgan fingerprint density at radius 3 is 2.49 bits per heavy atom. The number of nitrogens with one attached hydrogen (secondary N) is 2. The summed E-state index contributed by atoms with van der Waals surface area (Å²) < 4.78 is 11.4. The Bertz CT molecular complexity index is 1440. The van der Waals surface area contributed by atoms with Gasteiger partial charge in [-0.25, -0.2) is 0 Å². The van der Waals surface area contributed by atoms with Crippen molar-refractivity contribution in [2.45, 2.75) is 38.9 Å². The molecule has 0 saturated carbocycles. The fraction of sp³-hybridized carbons (Fsp3) is 0.250. The van der Waals surface area contributed by atoms with Gasteiger partial charge < -0.3 is 19.8 Å². The summed E-state index contributed by atoms with van der Waals surface area (Å²) in [5.74, 6) is 1.16. The van der Waals surface area contributed by atoms with E-state index in [1.54, 1.807) is 31.4 Å². The van der Waals surface area contributed by atoms with Gasteiger partial charge >= 0.3 is 0 Å². The summed E-state index contributed by atoms with van der Waals surface area (Å²) in [6, 6.07) is 26.9. The molecule has 0 aliphatic carbocycles. The van der Waals surface area contributed by atoms with Gasteiger partial charge in [-0.3, -0.25) is 4.79 Å². The van der Waals surface area contributed by atoms with Crippen LogP contribution < -0.4 is 10.6 Å². The predicted octanol–water partition coefficient (Wildman–Crippen LogP) is 6.62. The van der Waals surface area contributed by atoms with Gasteiger partial charge in [0.1, 0.15) is 11.5 Å². The van der Waals surface area contributed by atoms with Gasteiger partial charge in [-0.15, -0.1) is 0 Å². The lowest BCUT2D eigenvalue weighted by Gasteiger charge is -2.19. The molecular weight excluding hydrogens is 510 g/mol. The highest BCUT2D eigenvalue weighted by Gasteiger charge is 2.18. The average Bonchev–Trinajstić information content (AvgIpc) is 3.42. The Balaban J connectivity index is 1.42. The van der Waals surface area contributed by atoms with Gasteiger partial charge in [0.2, 0.25) is 0 Å². The van der Waals surface area contributed by atoms with Crippen LogP contribution in [0.25, 0.3) is 11.3 Å². The second-order valence-electron chi connectivity index (χ2n) is 9.61. The molecule has 0 saturated heterocycles. The molecule has 2 atom stereocenters. The normalized spacial score (nSPS) is 12.5. The van der Waals surface area contributed by atoms with Gasteiger partial charge in [-0.1, -0.05) is 53.6 Å². The first-order valence-corrected chi connectivity index (χ1v) is 13.2. The van der Waals surface area contributed by atoms with Crippen LogP contribution in [0.4, 0.5) is 0 Å². The first-order chi connectivity index (χ1) is 18.9. The van der Waals surface area contributed by atoms with Gasteiger partial charge in [-0.2, -0.15) is 5.26 Å². The van der Waals surface area contributed by atoms with E-state index in [1.807, 2.05) is 30.3 Å². The van der Waals surface area contributed by atoms with Crippen LogP contribution in [0.15, 0.2) is 83.3 Å². The van der Waals surface area contributed by atoms with Crippen molar-refractivity contribution in [3.05, 3.63) is 117 Å². The fourth-order valence-corrected chi connectivity index (χ4v) is 4.53. The molecule has 3 aromatic carbocycles. The monoisotopic (exact) mass is 541 g/mol. The van der Waals surface area contributed by atoms with Crippen LogP contribution in [-0.2, 0) is 17.7 Å². The third-order valence-corrected chi connectivity index (χ3v) is 6.91. The Hall–Kier alpha value is -3.89. The highest BCUT2D eigenvalue weighted by molar-refractivity contribution is 6.34. The number of nitrogens with zero attached hydrogens (tertiary/aromatic N) is 1. The average molecular weight is 542 g/mol. The van der Waals surface area contributed by atoms with E-state index in [9.17, 15) is 4.79 Å². The van der Waals surface area contributed by atoms with Crippen LogP contribution in [0.2, 0.25) is 5.02 Å². The number of methoxy groups -OCH3 is 1. The largest absolute Gasteiger partial charge is 0.460 e. The molecule has 7 heteroatoms. The van der Waals surface area contributed by atoms with E-state index in [1.165, 1.54) is 11.1 Å². The second-order valence-corrected chi connectivity index (χ2v) is 10.0. The summed E-state index contributed by atoms with van der Waals surface area (Å²) in [5.41, 5.74) is 5.15. The van der Waals surface area contributed by atoms with Crippen LogP contribution in [0.5, 0.6) is 0 Å². The Morgan fingerprint density at radius 1 is 1.05 bits per heavy atom. The second kappa shape index (κ2) is 13.3. The highest BCUT2D eigenvalue weighted by Crippen LogP contribution is 2.27. The number of benzene rings is 3. The van der Waals surface area contributed by atoms with Crippen LogP contribution in [-0.4, -0.2) is 25.7 Å². The summed E-state index contributed by atoms with van der Waals surface area (Å²) in [6.45, 7) is 5.10. The molecule has 0 aliphatic rings. The molecule has 0 aliphatic heterocycles. The van der Waals surface area contributed by atoms with Crippen molar-refractivity contribution in [1.82, 2.24) is 10.6 Å². The van der Waals surface area contributed by atoms with Crippen molar-refractivity contribution in [1.29, 1.82) is 5.26 Å². The van der Waals surface area contributed by atoms with Gasteiger partial charge in [0.05, 0.1) is 41.4 Å². The zero-order chi connectivity index (χ0) is 27.8. The molecule has 200 valence electrons. The molecule has 2 unspecified atom stereocenters. The fourth-order valence-electron chi connectivity index (χ4n) is 4.32. The number of halogens is 1. The standard InChI is InChI=1S/C32H32ClN3O3/c1-21-4-10-25(11-5-21)22(2)35-19-28-13-15-31(39-28)26-12-14-30(33)29(17-26)32(37)36-27(20-38-3)16-23-6-8-24(18-34)9-7-23/h4-15,17,22,27,35H,16,19-20H2,1-3H3,(H,36,37). The molecule has 4 rings (SSSR count). The maximum Gasteiger partial charge on any atom is 0.253 e. The molecule has 1 amide bonds. The molecule has 0 fully saturated rings. The van der Waals surface area contributed by atoms with E-state index in [-0.39, 0.29) is 18.0 Å². The molecule has 0 bridgehead atoms. The maximum atomic E-state index is 13.2. The van der Waals surface area contributed by atoms with Gasteiger partial charge in [-0.05, 0) is 73.9 Å². The highest BCUT2D eigenvalue weighted by atomic mass is 35.5. The molecule has 0 radical (unpaired) electrons. The minimum atomic E-state index is -0.294. The zero-order valence-electron chi connectivity index (χ0n) is 22.3. The van der Waals surface area contributed by atoms with Crippen molar-refractivity contribution in [2.24, 2.45) is 0 Å². The Morgan fingerprint density at radius 2 is 1.79 bits per heavy atom. The van der Waals surface area contributed by atoms with Crippen molar-refractivity contribution in [2.75, 3.05) is 13.7 Å². The van der Waals surface area contributed by atoms with Crippen molar-refractivity contribution < 1.29 is 13.9 Å². The summed E-state index contributed by atoms with van der Waals surface area (Å²) in [4.78, 5) is 13.2. The molecule has 1 heterocycles. The molecular formula is C32H32ClN3O3. The maximum absolute atomic E-state index is 13.2. The Kier molecular flexibility index (Phi) is 9.56. The number of nitriles is 1. The number of amides is 1. The van der Waals surface area contributed by atoms with E-state index in [4.69, 9.17) is 26.0 Å². The van der Waals surface area contributed by atoms with Gasteiger partial charge in [0.25, 0.3) is 5.91 Å². The summed E-state index contributed by atoms with van der Waals surface area (Å²) in [5, 5.41) is 15.9. The number of carbonyl (C=O) groups is 1. The quantitative estimate of drug-likeness (QED) is 0.223. The molecule has 4 aromatic rings. The van der Waals surface area contributed by atoms with E-state index >= 15 is 0 Å². The van der Waals surface area contributed by atoms with Crippen LogP contribution >= 0.6 is 11.6 Å². The van der Waals surface area contributed by atoms with E-state index in [2.05, 4.69) is 54.8 Å². The number of ether oxygens (including phenoxy) is 1. The van der Waals surface area contributed by atoms with Crippen LogP contribution in [0.1, 0.15) is 51.3 Å². The number of hydrogen-bond donors (Lipinski definition) is 2. The van der Waals surface area contributed by atoms with Gasteiger partial charge in [0, 0.05) is 18.7 Å². The van der Waals surface area contributed by atoms with E-state index in [0.29, 0.717) is 41.5 Å². The Labute approximate surface area is 234 Å². The number of rotatable bonds is 11. The summed E-state index contributed by atoms with van der Waals surface area (Å²) in [6.07, 6.45) is 0.554. The third-order valence-electron chi connectivity index (χ3n) is 6.59. The minimum absolute atomic E-state index is 0.175. The van der Waals surface area contributed by atoms with Crippen LogP contribution in [0.3, 0.4) is 0 Å². The summed E-state index contributed by atoms with van der Waals surface area (Å²) >= 11 is 6.43. The minimum Gasteiger partial charge on any atom is -0.460 e. The number of furan rings is 1. The number of carbonyl (C=O) groups excluding carboxylic acids is 1. The molecule has 6 nitrogen and oxygen atoms in total. The molecule has 0 spiro atoms. The predicted molar refractivity (Wildman–Crippen MR) is 154 cm³/mol. The molecule has 1 aromatic heterocycles. The SMILES string of the molecule is COCC(Cc1ccc(C#N)cc1)NC(=O)c1cc(-c2ccc(CNC(C)c3ccc(C)cc3)o2)ccc1Cl. The number of hydrogen-bond acceptors (Lipinski definition) is 5. The number of aryl methyl sites for hydroxylation is 1. The first-order valence-electron chi connectivity index (χ1n) is 12.8. The summed E-state index contributed by atoms with van der Waals surface area (Å²) in [7, 11) is 1.59. The smallest absolute Gasteiger partial charge is 0.253 e. The first kappa shape index (κ1) is 28.1. The lowest BCUT2D eigenvalue weighted by molar-refractivity contribution is 0.0897. The molecule has 39 heavy (non-hydrogen) atoms. The lowest BCUT2D eigenvalue weighted by atomic mass is 10.0. The lowest BCUT2D eigenvalue weighted by Crippen LogP contribution is -2.39. The van der Waals surface area contributed by atoms with E-state index in [0.717, 1.165) is 16.9 Å². The van der Waals surface area contributed by atoms with Gasteiger partial charge in [0.15, 0.2) is 0 Å². The topological polar surface area (TPSA) is 87.3 Å². The van der Waals surface area contributed by atoms with Crippen molar-refractivity contribution in [3.8, 4) is 17.4 Å². The third kappa shape index (κ3) is 7.58. The van der Waals surface area contributed by atoms with E-state index < -0.39 is 0 Å². The zero-order valence-corrected chi connectivity index (χ0v) is 23.1.